The molecule has 1 N–H and O–H groups in total. The van der Waals surface area contributed by atoms with E-state index in [0.29, 0.717) is 13.2 Å². The Morgan fingerprint density at radius 1 is 1.33 bits per heavy atom. The van der Waals surface area contributed by atoms with Crippen LogP contribution in [-0.4, -0.2) is 12.6 Å². The number of rotatable bonds is 6. The second kappa shape index (κ2) is 7.20. The van der Waals surface area contributed by atoms with Crippen LogP contribution in [0.1, 0.15) is 24.3 Å². The number of carbonyl (C=O) groups excluding carboxylic acids is 1. The highest BCUT2D eigenvalue weighted by Gasteiger charge is 2.37. The Balaban J connectivity index is 2.30. The third kappa shape index (κ3) is 3.73. The highest BCUT2D eigenvalue weighted by molar-refractivity contribution is 9.10. The number of thiophene rings is 1. The van der Waals surface area contributed by atoms with E-state index in [2.05, 4.69) is 21.2 Å². The monoisotopic (exact) mass is 367 g/mol. The van der Waals surface area contributed by atoms with E-state index in [-0.39, 0.29) is 5.97 Å². The van der Waals surface area contributed by atoms with Crippen molar-refractivity contribution in [1.82, 2.24) is 5.32 Å². The summed E-state index contributed by atoms with van der Waals surface area (Å²) in [6.45, 7) is 4.66. The predicted molar refractivity (Wildman–Crippen MR) is 89.3 cm³/mol. The molecule has 1 heterocycles. The first-order chi connectivity index (χ1) is 10.1. The van der Waals surface area contributed by atoms with E-state index in [0.717, 1.165) is 10.0 Å². The zero-order valence-corrected chi connectivity index (χ0v) is 14.5. The molecule has 0 aliphatic heterocycles. The molecule has 5 heteroatoms. The SMILES string of the molecule is CCOC(=O)C(C)(NCc1cccs1)c1ccccc1Br. The standard InChI is InChI=1S/C16H18BrNO2S/c1-3-20-15(19)16(2,13-8-4-5-9-14(13)17)18-11-12-7-6-10-21-12/h4-10,18H,3,11H2,1-2H3. The molecule has 1 unspecified atom stereocenters. The lowest BCUT2D eigenvalue weighted by Gasteiger charge is -2.30. The third-order valence-corrected chi connectivity index (χ3v) is 4.86. The van der Waals surface area contributed by atoms with Crippen molar-refractivity contribution in [2.45, 2.75) is 25.9 Å². The third-order valence-electron chi connectivity index (χ3n) is 3.29. The van der Waals surface area contributed by atoms with E-state index < -0.39 is 5.54 Å². The topological polar surface area (TPSA) is 38.3 Å². The molecule has 0 aliphatic rings. The molecule has 0 radical (unpaired) electrons. The van der Waals surface area contributed by atoms with Crippen molar-refractivity contribution >= 4 is 33.2 Å². The van der Waals surface area contributed by atoms with Crippen LogP contribution in [0.4, 0.5) is 0 Å². The van der Waals surface area contributed by atoms with E-state index in [1.165, 1.54) is 4.88 Å². The highest BCUT2D eigenvalue weighted by Crippen LogP contribution is 2.30. The second-order valence-electron chi connectivity index (χ2n) is 4.76. The van der Waals surface area contributed by atoms with Gasteiger partial charge in [-0.15, -0.1) is 11.3 Å². The summed E-state index contributed by atoms with van der Waals surface area (Å²) < 4.78 is 6.16. The van der Waals surface area contributed by atoms with Gasteiger partial charge in [0, 0.05) is 15.9 Å². The maximum atomic E-state index is 12.5. The number of halogens is 1. The van der Waals surface area contributed by atoms with Crippen LogP contribution in [0.5, 0.6) is 0 Å². The molecule has 2 rings (SSSR count). The fraction of sp³-hybridized carbons (Fsp3) is 0.312. The van der Waals surface area contributed by atoms with Gasteiger partial charge in [-0.25, -0.2) is 4.79 Å². The lowest BCUT2D eigenvalue weighted by Crippen LogP contribution is -2.47. The number of ether oxygens (including phenoxy) is 1. The first kappa shape index (κ1) is 16.2. The quantitative estimate of drug-likeness (QED) is 0.781. The normalized spacial score (nSPS) is 13.7. The highest BCUT2D eigenvalue weighted by atomic mass is 79.9. The summed E-state index contributed by atoms with van der Waals surface area (Å²) in [6.07, 6.45) is 0. The summed E-state index contributed by atoms with van der Waals surface area (Å²) in [5.74, 6) is -0.270. The molecule has 3 nitrogen and oxygen atoms in total. The van der Waals surface area contributed by atoms with Crippen molar-refractivity contribution in [2.24, 2.45) is 0 Å². The van der Waals surface area contributed by atoms with Gasteiger partial charge in [0.05, 0.1) is 6.61 Å². The predicted octanol–water partition coefficient (Wildman–Crippen LogP) is 4.08. The smallest absolute Gasteiger partial charge is 0.330 e. The molecule has 0 fully saturated rings. The Bertz CT molecular complexity index is 600. The van der Waals surface area contributed by atoms with Gasteiger partial charge in [-0.1, -0.05) is 40.2 Å². The maximum absolute atomic E-state index is 12.5. The number of benzene rings is 1. The Morgan fingerprint density at radius 2 is 2.10 bits per heavy atom. The van der Waals surface area contributed by atoms with Crippen molar-refractivity contribution in [1.29, 1.82) is 0 Å². The van der Waals surface area contributed by atoms with Gasteiger partial charge in [-0.2, -0.15) is 0 Å². The molecule has 21 heavy (non-hydrogen) atoms. The molecule has 1 aromatic carbocycles. The Labute approximate surface area is 137 Å². The van der Waals surface area contributed by atoms with Crippen molar-refractivity contribution < 1.29 is 9.53 Å². The second-order valence-corrected chi connectivity index (χ2v) is 6.64. The van der Waals surface area contributed by atoms with Gasteiger partial charge in [-0.05, 0) is 36.9 Å². The lowest BCUT2D eigenvalue weighted by molar-refractivity contribution is -0.151. The zero-order chi connectivity index (χ0) is 15.3. The van der Waals surface area contributed by atoms with E-state index in [1.54, 1.807) is 11.3 Å². The Kier molecular flexibility index (Phi) is 5.56. The minimum absolute atomic E-state index is 0.270. The van der Waals surface area contributed by atoms with Crippen molar-refractivity contribution in [2.75, 3.05) is 6.61 Å². The van der Waals surface area contributed by atoms with Gasteiger partial charge in [0.15, 0.2) is 0 Å². The molecule has 112 valence electrons. The number of hydrogen-bond donors (Lipinski definition) is 1. The number of carbonyl (C=O) groups is 1. The maximum Gasteiger partial charge on any atom is 0.330 e. The summed E-state index contributed by atoms with van der Waals surface area (Å²) in [5, 5.41) is 5.37. The molecule has 1 atom stereocenters. The molecule has 0 saturated carbocycles. The van der Waals surface area contributed by atoms with Crippen LogP contribution < -0.4 is 5.32 Å². The average Bonchev–Trinajstić information content (AvgIpc) is 2.99. The summed E-state index contributed by atoms with van der Waals surface area (Å²) in [4.78, 5) is 13.7. The average molecular weight is 368 g/mol. The van der Waals surface area contributed by atoms with Crippen LogP contribution in [-0.2, 0) is 21.6 Å². The molecule has 0 aliphatic carbocycles. The van der Waals surface area contributed by atoms with E-state index in [4.69, 9.17) is 4.74 Å². The molecule has 0 amide bonds. The number of hydrogen-bond acceptors (Lipinski definition) is 4. The summed E-state index contributed by atoms with van der Waals surface area (Å²) in [7, 11) is 0. The minimum atomic E-state index is -0.889. The Morgan fingerprint density at radius 3 is 2.71 bits per heavy atom. The van der Waals surface area contributed by atoms with Gasteiger partial charge in [-0.3, -0.25) is 5.32 Å². The van der Waals surface area contributed by atoms with Gasteiger partial charge in [0.25, 0.3) is 0 Å². The first-order valence-corrected chi connectivity index (χ1v) is 8.45. The van der Waals surface area contributed by atoms with Gasteiger partial charge in [0.1, 0.15) is 5.54 Å². The molecule has 1 aromatic heterocycles. The van der Waals surface area contributed by atoms with Crippen molar-refractivity contribution in [3.63, 3.8) is 0 Å². The van der Waals surface area contributed by atoms with Gasteiger partial charge in [0.2, 0.25) is 0 Å². The van der Waals surface area contributed by atoms with Gasteiger partial charge < -0.3 is 4.74 Å². The number of esters is 1. The molecular weight excluding hydrogens is 350 g/mol. The molecular formula is C16H18BrNO2S. The van der Waals surface area contributed by atoms with Crippen LogP contribution in [0.3, 0.4) is 0 Å². The summed E-state index contributed by atoms with van der Waals surface area (Å²) in [5.41, 5.74) is -0.0138. The van der Waals surface area contributed by atoms with Gasteiger partial charge >= 0.3 is 5.97 Å². The van der Waals surface area contributed by atoms with Crippen LogP contribution in [0.25, 0.3) is 0 Å². The van der Waals surface area contributed by atoms with Crippen LogP contribution in [0, 0.1) is 0 Å². The Hall–Kier alpha value is -1.17. The molecule has 0 saturated heterocycles. The van der Waals surface area contributed by atoms with E-state index in [1.807, 2.05) is 55.6 Å². The minimum Gasteiger partial charge on any atom is -0.464 e. The summed E-state index contributed by atoms with van der Waals surface area (Å²) >= 11 is 5.19. The largest absolute Gasteiger partial charge is 0.464 e. The zero-order valence-electron chi connectivity index (χ0n) is 12.1. The lowest BCUT2D eigenvalue weighted by atomic mass is 9.92. The van der Waals surface area contributed by atoms with Crippen LogP contribution >= 0.6 is 27.3 Å². The molecule has 2 aromatic rings. The fourth-order valence-corrected chi connectivity index (χ4v) is 3.42. The molecule has 0 spiro atoms. The first-order valence-electron chi connectivity index (χ1n) is 6.77. The van der Waals surface area contributed by atoms with Crippen molar-refractivity contribution in [3.05, 3.63) is 56.7 Å². The van der Waals surface area contributed by atoms with E-state index in [9.17, 15) is 4.79 Å². The van der Waals surface area contributed by atoms with Crippen LogP contribution in [0.15, 0.2) is 46.3 Å². The van der Waals surface area contributed by atoms with E-state index >= 15 is 0 Å². The summed E-state index contributed by atoms with van der Waals surface area (Å²) in [6, 6.07) is 11.8. The number of nitrogens with one attached hydrogen (secondary N) is 1. The van der Waals surface area contributed by atoms with Crippen LogP contribution in [0.2, 0.25) is 0 Å². The van der Waals surface area contributed by atoms with Crippen molar-refractivity contribution in [3.8, 4) is 0 Å². The fourth-order valence-electron chi connectivity index (χ4n) is 2.10. The molecule has 0 bridgehead atoms.